The topological polar surface area (TPSA) is 57.7 Å². The van der Waals surface area contributed by atoms with Crippen LogP contribution in [0.3, 0.4) is 0 Å². The number of benzene rings is 1. The molecule has 0 N–H and O–H groups in total. The second-order valence-corrected chi connectivity index (χ2v) is 9.53. The van der Waals surface area contributed by atoms with Crippen molar-refractivity contribution in [2.24, 2.45) is 5.92 Å². The van der Waals surface area contributed by atoms with Crippen molar-refractivity contribution in [1.82, 2.24) is 9.21 Å². The molecule has 26 heavy (non-hydrogen) atoms. The molecule has 0 aromatic heterocycles. The summed E-state index contributed by atoms with van der Waals surface area (Å²) in [5.74, 6) is -0.786. The zero-order valence-electron chi connectivity index (χ0n) is 14.5. The summed E-state index contributed by atoms with van der Waals surface area (Å²) >= 11 is 3.12. The predicted octanol–water partition coefficient (Wildman–Crippen LogP) is 3.50. The number of alkyl halides is 3. The molecule has 1 aromatic carbocycles. The van der Waals surface area contributed by atoms with Crippen molar-refractivity contribution in [2.75, 3.05) is 20.6 Å². The lowest BCUT2D eigenvalue weighted by Crippen LogP contribution is -2.45. The van der Waals surface area contributed by atoms with Crippen LogP contribution in [0.15, 0.2) is 27.6 Å². The molecule has 1 unspecified atom stereocenters. The minimum atomic E-state index is -4.54. The number of carbonyl (C=O) groups is 1. The van der Waals surface area contributed by atoms with Gasteiger partial charge in [-0.2, -0.15) is 13.2 Å². The van der Waals surface area contributed by atoms with Crippen molar-refractivity contribution in [1.29, 1.82) is 0 Å². The fraction of sp³-hybridized carbons (Fsp3) is 0.562. The lowest BCUT2D eigenvalue weighted by Gasteiger charge is -2.30. The quantitative estimate of drug-likeness (QED) is 0.657. The van der Waals surface area contributed by atoms with E-state index in [0.29, 0.717) is 0 Å². The summed E-state index contributed by atoms with van der Waals surface area (Å²) in [5.41, 5.74) is -0.0922. The molecular formula is C16H20BrF3N2O3S. The van der Waals surface area contributed by atoms with E-state index in [2.05, 4.69) is 15.9 Å². The summed E-state index contributed by atoms with van der Waals surface area (Å²) in [6.45, 7) is 0.229. The second kappa shape index (κ2) is 7.47. The van der Waals surface area contributed by atoms with Crippen LogP contribution in [0, 0.1) is 5.92 Å². The number of halogens is 4. The van der Waals surface area contributed by atoms with Crippen LogP contribution < -0.4 is 0 Å². The van der Waals surface area contributed by atoms with E-state index in [4.69, 9.17) is 0 Å². The van der Waals surface area contributed by atoms with E-state index in [1.54, 1.807) is 6.92 Å². The normalized spacial score (nSPS) is 16.6. The molecular weight excluding hydrogens is 437 g/mol. The SMILES string of the molecule is CC(C1CC1)N(CC(F)(F)F)C(=O)c1ccc(Br)c(S(=O)(=O)N(C)C)c1. The third-order valence-corrected chi connectivity index (χ3v) is 7.15. The fourth-order valence-corrected chi connectivity index (χ4v) is 4.47. The summed E-state index contributed by atoms with van der Waals surface area (Å²) in [6.07, 6.45) is -2.97. The third kappa shape index (κ3) is 4.77. The van der Waals surface area contributed by atoms with Gasteiger partial charge in [0.05, 0.1) is 4.90 Å². The molecule has 5 nitrogen and oxygen atoms in total. The van der Waals surface area contributed by atoms with E-state index in [9.17, 15) is 26.4 Å². The van der Waals surface area contributed by atoms with E-state index in [0.717, 1.165) is 28.1 Å². The Labute approximate surface area is 159 Å². The highest BCUT2D eigenvalue weighted by atomic mass is 79.9. The molecule has 0 aliphatic heterocycles. The zero-order valence-corrected chi connectivity index (χ0v) is 16.9. The first-order valence-electron chi connectivity index (χ1n) is 7.94. The molecule has 1 amide bonds. The summed E-state index contributed by atoms with van der Waals surface area (Å²) < 4.78 is 64.8. The van der Waals surface area contributed by atoms with Crippen LogP contribution in [0.1, 0.15) is 30.1 Å². The lowest BCUT2D eigenvalue weighted by molar-refractivity contribution is -0.144. The second-order valence-electron chi connectivity index (χ2n) is 6.56. The van der Waals surface area contributed by atoms with Crippen LogP contribution in [0.4, 0.5) is 13.2 Å². The number of nitrogens with zero attached hydrogens (tertiary/aromatic N) is 2. The number of amides is 1. The first kappa shape index (κ1) is 21.2. The van der Waals surface area contributed by atoms with Crippen LogP contribution >= 0.6 is 15.9 Å². The molecule has 1 atom stereocenters. The van der Waals surface area contributed by atoms with Crippen molar-refractivity contribution in [3.63, 3.8) is 0 Å². The van der Waals surface area contributed by atoms with Crippen LogP contribution in [0.2, 0.25) is 0 Å². The van der Waals surface area contributed by atoms with Crippen molar-refractivity contribution < 1.29 is 26.4 Å². The molecule has 0 radical (unpaired) electrons. The Kier molecular flexibility index (Phi) is 6.09. The molecule has 1 aliphatic rings. The van der Waals surface area contributed by atoms with Gasteiger partial charge in [0, 0.05) is 30.2 Å². The molecule has 0 spiro atoms. The standard InChI is InChI=1S/C16H20BrF3N2O3S/c1-10(11-4-5-11)22(9-16(18,19)20)15(23)12-6-7-13(17)14(8-12)26(24,25)21(2)3/h6-8,10-11H,4-5,9H2,1-3H3. The van der Waals surface area contributed by atoms with Crippen molar-refractivity contribution in [3.8, 4) is 0 Å². The number of hydrogen-bond acceptors (Lipinski definition) is 3. The van der Waals surface area contributed by atoms with Crippen molar-refractivity contribution in [2.45, 2.75) is 36.9 Å². The number of sulfonamides is 1. The Hall–Kier alpha value is -1.13. The smallest absolute Gasteiger partial charge is 0.327 e. The van der Waals surface area contributed by atoms with E-state index < -0.39 is 34.7 Å². The first-order chi connectivity index (χ1) is 11.8. The third-order valence-electron chi connectivity index (χ3n) is 4.34. The molecule has 0 heterocycles. The van der Waals surface area contributed by atoms with Gasteiger partial charge in [-0.1, -0.05) is 0 Å². The van der Waals surface area contributed by atoms with Crippen molar-refractivity contribution >= 4 is 31.9 Å². The lowest BCUT2D eigenvalue weighted by atomic mass is 10.1. The number of carbonyl (C=O) groups excluding carboxylic acids is 1. The van der Waals surface area contributed by atoms with Crippen LogP contribution in [-0.2, 0) is 10.0 Å². The summed E-state index contributed by atoms with van der Waals surface area (Å²) in [5, 5.41) is 0. The molecule has 1 saturated carbocycles. The van der Waals surface area contributed by atoms with Gasteiger partial charge in [0.25, 0.3) is 5.91 Å². The molecule has 0 bridgehead atoms. The zero-order chi connectivity index (χ0) is 19.9. The molecule has 1 aliphatic carbocycles. The van der Waals surface area contributed by atoms with Gasteiger partial charge < -0.3 is 4.90 Å². The van der Waals surface area contributed by atoms with Crippen LogP contribution in [0.5, 0.6) is 0 Å². The molecule has 1 aromatic rings. The van der Waals surface area contributed by atoms with E-state index in [1.807, 2.05) is 0 Å². The van der Waals surface area contributed by atoms with Gasteiger partial charge in [-0.3, -0.25) is 4.79 Å². The highest BCUT2D eigenvalue weighted by molar-refractivity contribution is 9.10. The molecule has 146 valence electrons. The Morgan fingerprint density at radius 1 is 1.31 bits per heavy atom. The van der Waals surface area contributed by atoms with Crippen molar-refractivity contribution in [3.05, 3.63) is 28.2 Å². The monoisotopic (exact) mass is 456 g/mol. The van der Waals surface area contributed by atoms with Crippen LogP contribution in [-0.4, -0.2) is 56.4 Å². The minimum Gasteiger partial charge on any atom is -0.327 e. The highest BCUT2D eigenvalue weighted by Gasteiger charge is 2.41. The van der Waals surface area contributed by atoms with E-state index in [1.165, 1.54) is 26.2 Å². The van der Waals surface area contributed by atoms with Gasteiger partial charge in [0.15, 0.2) is 0 Å². The molecule has 1 fully saturated rings. The van der Waals surface area contributed by atoms with Crippen LogP contribution in [0.25, 0.3) is 0 Å². The highest BCUT2D eigenvalue weighted by Crippen LogP contribution is 2.37. The number of rotatable bonds is 6. The van der Waals surface area contributed by atoms with Gasteiger partial charge >= 0.3 is 6.18 Å². The van der Waals surface area contributed by atoms with Gasteiger partial charge in [-0.15, -0.1) is 0 Å². The Morgan fingerprint density at radius 2 is 1.88 bits per heavy atom. The molecule has 0 saturated heterocycles. The minimum absolute atomic E-state index is 0.0433. The van der Waals surface area contributed by atoms with Gasteiger partial charge in [0.1, 0.15) is 6.54 Å². The fourth-order valence-electron chi connectivity index (χ4n) is 2.62. The number of hydrogen-bond donors (Lipinski definition) is 0. The van der Waals surface area contributed by atoms with E-state index >= 15 is 0 Å². The average molecular weight is 457 g/mol. The largest absolute Gasteiger partial charge is 0.406 e. The molecule has 2 rings (SSSR count). The maximum absolute atomic E-state index is 13.0. The average Bonchev–Trinajstić information content (AvgIpc) is 3.35. The predicted molar refractivity (Wildman–Crippen MR) is 94.3 cm³/mol. The van der Waals surface area contributed by atoms with Gasteiger partial charge in [-0.25, -0.2) is 12.7 Å². The maximum Gasteiger partial charge on any atom is 0.406 e. The summed E-state index contributed by atoms with van der Waals surface area (Å²) in [6, 6.07) is 3.23. The first-order valence-corrected chi connectivity index (χ1v) is 10.2. The summed E-state index contributed by atoms with van der Waals surface area (Å²) in [7, 11) is -1.19. The Bertz CT molecular complexity index is 792. The van der Waals surface area contributed by atoms with Gasteiger partial charge in [-0.05, 0) is 59.8 Å². The molecule has 10 heteroatoms. The van der Waals surface area contributed by atoms with Gasteiger partial charge in [0.2, 0.25) is 10.0 Å². The Morgan fingerprint density at radius 3 is 2.35 bits per heavy atom. The van der Waals surface area contributed by atoms with E-state index in [-0.39, 0.29) is 20.8 Å². The Balaban J connectivity index is 2.42. The summed E-state index contributed by atoms with van der Waals surface area (Å²) in [4.78, 5) is 13.4. The maximum atomic E-state index is 13.0.